The van der Waals surface area contributed by atoms with Crippen molar-refractivity contribution in [2.24, 2.45) is 5.14 Å². The highest BCUT2D eigenvalue weighted by molar-refractivity contribution is 7.89. The summed E-state index contributed by atoms with van der Waals surface area (Å²) in [6.45, 7) is -0.00836. The summed E-state index contributed by atoms with van der Waals surface area (Å²) >= 11 is 0. The summed E-state index contributed by atoms with van der Waals surface area (Å²) < 4.78 is 28.6. The zero-order valence-corrected chi connectivity index (χ0v) is 11.7. The van der Waals surface area contributed by atoms with Crippen LogP contribution in [0.2, 0.25) is 0 Å². The molecular formula is C11H12N4O5S. The first kappa shape index (κ1) is 15.1. The molecule has 0 bridgehead atoms. The van der Waals surface area contributed by atoms with Crippen LogP contribution in [-0.2, 0) is 21.4 Å². The number of carboxylic acids is 1. The van der Waals surface area contributed by atoms with Gasteiger partial charge in [-0.3, -0.25) is 0 Å². The lowest BCUT2D eigenvalue weighted by molar-refractivity contribution is 0.0685. The molecule has 0 aliphatic rings. The molecule has 2 rings (SSSR count). The molecule has 0 aliphatic heterocycles. The van der Waals surface area contributed by atoms with Gasteiger partial charge < -0.3 is 9.84 Å². The molecule has 0 fully saturated rings. The van der Waals surface area contributed by atoms with Gasteiger partial charge in [-0.2, -0.15) is 0 Å². The Labute approximate surface area is 120 Å². The summed E-state index contributed by atoms with van der Waals surface area (Å²) in [5.74, 6) is -1.23. The van der Waals surface area contributed by atoms with Crippen molar-refractivity contribution in [3.63, 3.8) is 0 Å². The number of benzene rings is 1. The van der Waals surface area contributed by atoms with Crippen molar-refractivity contribution in [1.29, 1.82) is 0 Å². The molecule has 1 aromatic heterocycles. The van der Waals surface area contributed by atoms with E-state index in [9.17, 15) is 13.2 Å². The monoisotopic (exact) mass is 312 g/mol. The molecule has 1 heterocycles. The van der Waals surface area contributed by atoms with Crippen LogP contribution in [-0.4, -0.2) is 41.6 Å². The van der Waals surface area contributed by atoms with Gasteiger partial charge in [0.1, 0.15) is 5.69 Å². The summed E-state index contributed by atoms with van der Waals surface area (Å²) in [5, 5.41) is 21.4. The van der Waals surface area contributed by atoms with Crippen molar-refractivity contribution in [3.8, 4) is 5.69 Å². The number of methoxy groups -OCH3 is 1. The van der Waals surface area contributed by atoms with Crippen molar-refractivity contribution >= 4 is 16.0 Å². The Morgan fingerprint density at radius 2 is 2.00 bits per heavy atom. The van der Waals surface area contributed by atoms with Gasteiger partial charge in [0, 0.05) is 7.11 Å². The van der Waals surface area contributed by atoms with Crippen LogP contribution in [0.5, 0.6) is 0 Å². The fourth-order valence-corrected chi connectivity index (χ4v) is 2.23. The number of primary sulfonamides is 1. The average molecular weight is 312 g/mol. The second-order valence-electron chi connectivity index (χ2n) is 4.07. The Hall–Kier alpha value is -2.30. The van der Waals surface area contributed by atoms with E-state index in [2.05, 4.69) is 10.3 Å². The van der Waals surface area contributed by atoms with Crippen molar-refractivity contribution in [3.05, 3.63) is 35.7 Å². The van der Waals surface area contributed by atoms with Crippen molar-refractivity contribution < 1.29 is 23.1 Å². The van der Waals surface area contributed by atoms with Gasteiger partial charge in [-0.25, -0.2) is 23.0 Å². The second kappa shape index (κ2) is 5.60. The second-order valence-corrected chi connectivity index (χ2v) is 5.64. The molecule has 0 spiro atoms. The number of carbonyl (C=O) groups is 1. The third-order valence-electron chi connectivity index (χ3n) is 2.66. The molecule has 2 aromatic rings. The maximum atomic E-state index is 11.2. The number of aromatic nitrogens is 3. The summed E-state index contributed by atoms with van der Waals surface area (Å²) in [6.07, 6.45) is 0. The van der Waals surface area contributed by atoms with Crippen LogP contribution in [0, 0.1) is 0 Å². The van der Waals surface area contributed by atoms with Gasteiger partial charge in [-0.15, -0.1) is 5.10 Å². The maximum absolute atomic E-state index is 11.2. The van der Waals surface area contributed by atoms with Crippen LogP contribution in [0.4, 0.5) is 0 Å². The van der Waals surface area contributed by atoms with E-state index in [1.807, 2.05) is 0 Å². The fraction of sp³-hybridized carbons (Fsp3) is 0.182. The number of sulfonamides is 1. The molecule has 0 saturated heterocycles. The number of aromatic carboxylic acids is 1. The predicted molar refractivity (Wildman–Crippen MR) is 70.4 cm³/mol. The SMILES string of the molecule is COCc1c(C(=O)O)nnn1-c1ccc(S(N)(=O)=O)cc1. The molecule has 112 valence electrons. The van der Waals surface area contributed by atoms with Crippen molar-refractivity contribution in [2.75, 3.05) is 7.11 Å². The van der Waals surface area contributed by atoms with E-state index in [-0.39, 0.29) is 22.9 Å². The van der Waals surface area contributed by atoms with Crippen LogP contribution in [0.1, 0.15) is 16.2 Å². The highest BCUT2D eigenvalue weighted by Crippen LogP contribution is 2.16. The van der Waals surface area contributed by atoms with Crippen LogP contribution < -0.4 is 5.14 Å². The Morgan fingerprint density at radius 3 is 2.48 bits per heavy atom. The molecule has 9 nitrogen and oxygen atoms in total. The molecule has 0 saturated carbocycles. The lowest BCUT2D eigenvalue weighted by atomic mass is 10.3. The smallest absolute Gasteiger partial charge is 0.358 e. The van der Waals surface area contributed by atoms with E-state index in [1.54, 1.807) is 0 Å². The minimum absolute atomic E-state index is 0.00836. The van der Waals surface area contributed by atoms with Crippen LogP contribution in [0.15, 0.2) is 29.2 Å². The van der Waals surface area contributed by atoms with Crippen LogP contribution >= 0.6 is 0 Å². The normalized spacial score (nSPS) is 11.5. The largest absolute Gasteiger partial charge is 0.476 e. The Bertz CT molecular complexity index is 766. The molecular weight excluding hydrogens is 300 g/mol. The van der Waals surface area contributed by atoms with Gasteiger partial charge in [0.25, 0.3) is 0 Å². The van der Waals surface area contributed by atoms with E-state index >= 15 is 0 Å². The van der Waals surface area contributed by atoms with Gasteiger partial charge in [0.15, 0.2) is 5.69 Å². The number of hydrogen-bond donors (Lipinski definition) is 2. The number of hydrogen-bond acceptors (Lipinski definition) is 6. The summed E-state index contributed by atoms with van der Waals surface area (Å²) in [4.78, 5) is 11.0. The molecule has 21 heavy (non-hydrogen) atoms. The summed E-state index contributed by atoms with van der Waals surface area (Å²) in [6, 6.07) is 5.48. The Kier molecular flexibility index (Phi) is 4.02. The minimum Gasteiger partial charge on any atom is -0.476 e. The molecule has 0 aliphatic carbocycles. The quantitative estimate of drug-likeness (QED) is 0.777. The molecule has 0 atom stereocenters. The first-order valence-corrected chi connectivity index (χ1v) is 7.19. The highest BCUT2D eigenvalue weighted by Gasteiger charge is 2.20. The molecule has 1 aromatic carbocycles. The molecule has 3 N–H and O–H groups in total. The number of nitrogens with zero attached hydrogens (tertiary/aromatic N) is 3. The first-order valence-electron chi connectivity index (χ1n) is 5.64. The van der Waals surface area contributed by atoms with Gasteiger partial charge in [0.2, 0.25) is 10.0 Å². The maximum Gasteiger partial charge on any atom is 0.358 e. The summed E-state index contributed by atoms with van der Waals surface area (Å²) in [7, 11) is -2.38. The van der Waals surface area contributed by atoms with E-state index in [0.717, 1.165) is 0 Å². The van der Waals surface area contributed by atoms with E-state index in [0.29, 0.717) is 5.69 Å². The third-order valence-corrected chi connectivity index (χ3v) is 3.59. The number of nitrogens with two attached hydrogens (primary N) is 1. The van der Waals surface area contributed by atoms with Gasteiger partial charge in [-0.05, 0) is 24.3 Å². The van der Waals surface area contributed by atoms with Gasteiger partial charge in [0.05, 0.1) is 17.2 Å². The number of carboxylic acid groups (broad SMARTS) is 1. The number of ether oxygens (including phenoxy) is 1. The zero-order chi connectivity index (χ0) is 15.6. The van der Waals surface area contributed by atoms with E-state index < -0.39 is 16.0 Å². The van der Waals surface area contributed by atoms with Gasteiger partial charge >= 0.3 is 5.97 Å². The highest BCUT2D eigenvalue weighted by atomic mass is 32.2. The fourth-order valence-electron chi connectivity index (χ4n) is 1.72. The van der Waals surface area contributed by atoms with Crippen molar-refractivity contribution in [1.82, 2.24) is 15.0 Å². The first-order chi connectivity index (χ1) is 9.84. The molecule has 0 amide bonds. The molecule has 0 radical (unpaired) electrons. The Morgan fingerprint density at radius 1 is 1.38 bits per heavy atom. The molecule has 10 heteroatoms. The lowest BCUT2D eigenvalue weighted by Gasteiger charge is -2.06. The standard InChI is InChI=1S/C11H12N4O5S/c1-20-6-9-10(11(16)17)13-14-15(9)7-2-4-8(5-3-7)21(12,18)19/h2-5H,6H2,1H3,(H,16,17)(H2,12,18,19). The topological polar surface area (TPSA) is 137 Å². The number of rotatable bonds is 5. The third kappa shape index (κ3) is 3.07. The van der Waals surface area contributed by atoms with E-state index in [4.69, 9.17) is 15.0 Å². The predicted octanol–water partition coefficient (Wildman–Crippen LogP) is -0.241. The Balaban J connectivity index is 2.49. The molecule has 0 unspecified atom stereocenters. The minimum atomic E-state index is -3.79. The average Bonchev–Trinajstić information content (AvgIpc) is 2.82. The van der Waals surface area contributed by atoms with Crippen molar-refractivity contribution in [2.45, 2.75) is 11.5 Å². The van der Waals surface area contributed by atoms with Crippen LogP contribution in [0.3, 0.4) is 0 Å². The zero-order valence-electron chi connectivity index (χ0n) is 10.9. The van der Waals surface area contributed by atoms with Crippen LogP contribution in [0.25, 0.3) is 5.69 Å². The van der Waals surface area contributed by atoms with Gasteiger partial charge in [-0.1, -0.05) is 5.21 Å². The van der Waals surface area contributed by atoms with E-state index in [1.165, 1.54) is 36.1 Å². The summed E-state index contributed by atoms with van der Waals surface area (Å²) in [5.41, 5.74) is 0.454. The lowest BCUT2D eigenvalue weighted by Crippen LogP contribution is -2.12.